The molecule has 0 spiro atoms. The van der Waals surface area contributed by atoms with Gasteiger partial charge < -0.3 is 0 Å². The third-order valence-corrected chi connectivity index (χ3v) is 6.20. The summed E-state index contributed by atoms with van der Waals surface area (Å²) in [6.45, 7) is 0. The molecular formula is C26H20FN3S. The number of fused-ring (bicyclic) bond motifs is 1. The molecule has 1 aromatic heterocycles. The molecule has 0 radical (unpaired) electrons. The van der Waals surface area contributed by atoms with Gasteiger partial charge >= 0.3 is 0 Å². The summed E-state index contributed by atoms with van der Waals surface area (Å²) in [4.78, 5) is 0. The van der Waals surface area contributed by atoms with Crippen molar-refractivity contribution in [1.82, 2.24) is 14.8 Å². The number of benzene rings is 4. The molecule has 0 fully saturated rings. The molecular weight excluding hydrogens is 405 g/mol. The summed E-state index contributed by atoms with van der Waals surface area (Å²) in [6, 6.07) is 31.4. The highest BCUT2D eigenvalue weighted by Gasteiger charge is 2.16. The minimum Gasteiger partial charge on any atom is -0.274 e. The van der Waals surface area contributed by atoms with Gasteiger partial charge in [-0.2, -0.15) is 0 Å². The summed E-state index contributed by atoms with van der Waals surface area (Å²) < 4.78 is 15.6. The lowest BCUT2D eigenvalue weighted by Gasteiger charge is -2.11. The minimum absolute atomic E-state index is 0.258. The number of aromatic nitrogens is 3. The molecule has 0 aliphatic heterocycles. The van der Waals surface area contributed by atoms with E-state index < -0.39 is 0 Å². The largest absolute Gasteiger partial charge is 0.274 e. The molecule has 0 aliphatic carbocycles. The molecule has 0 amide bonds. The Hall–Kier alpha value is -3.44. The van der Waals surface area contributed by atoms with E-state index in [9.17, 15) is 4.39 Å². The van der Waals surface area contributed by atoms with Gasteiger partial charge in [-0.15, -0.1) is 10.2 Å². The number of thioether (sulfide) groups is 1. The van der Waals surface area contributed by atoms with Gasteiger partial charge in [0.25, 0.3) is 0 Å². The van der Waals surface area contributed by atoms with Crippen molar-refractivity contribution in [3.8, 4) is 5.69 Å². The molecule has 4 aromatic carbocycles. The fourth-order valence-electron chi connectivity index (χ4n) is 3.70. The average Bonchev–Trinajstić information content (AvgIpc) is 3.21. The van der Waals surface area contributed by atoms with Gasteiger partial charge in [-0.3, -0.25) is 4.57 Å². The first-order chi connectivity index (χ1) is 15.3. The Kier molecular flexibility index (Phi) is 5.50. The monoisotopic (exact) mass is 425 g/mol. The lowest BCUT2D eigenvalue weighted by molar-refractivity contribution is 0.627. The van der Waals surface area contributed by atoms with Crippen LogP contribution in [-0.4, -0.2) is 14.8 Å². The number of rotatable bonds is 6. The van der Waals surface area contributed by atoms with Gasteiger partial charge in [0.2, 0.25) is 0 Å². The Bertz CT molecular complexity index is 1310. The van der Waals surface area contributed by atoms with Gasteiger partial charge in [-0.05, 0) is 46.2 Å². The van der Waals surface area contributed by atoms with Gasteiger partial charge in [0.15, 0.2) is 5.16 Å². The van der Waals surface area contributed by atoms with Crippen LogP contribution in [0.5, 0.6) is 0 Å². The van der Waals surface area contributed by atoms with E-state index in [2.05, 4.69) is 64.8 Å². The Balaban J connectivity index is 1.49. The maximum Gasteiger partial charge on any atom is 0.196 e. The van der Waals surface area contributed by atoms with Crippen molar-refractivity contribution in [1.29, 1.82) is 0 Å². The Labute approximate surface area is 184 Å². The van der Waals surface area contributed by atoms with Crippen molar-refractivity contribution in [3.05, 3.63) is 120 Å². The van der Waals surface area contributed by atoms with E-state index in [1.165, 1.54) is 28.5 Å². The molecule has 0 aliphatic rings. The molecule has 31 heavy (non-hydrogen) atoms. The van der Waals surface area contributed by atoms with E-state index in [0.717, 1.165) is 28.0 Å². The highest BCUT2D eigenvalue weighted by Crippen LogP contribution is 2.29. The summed E-state index contributed by atoms with van der Waals surface area (Å²) in [7, 11) is 0. The van der Waals surface area contributed by atoms with Gasteiger partial charge in [0, 0.05) is 17.9 Å². The summed E-state index contributed by atoms with van der Waals surface area (Å²) in [5, 5.41) is 12.2. The zero-order valence-corrected chi connectivity index (χ0v) is 17.6. The van der Waals surface area contributed by atoms with E-state index in [1.807, 2.05) is 22.8 Å². The van der Waals surface area contributed by atoms with E-state index in [0.29, 0.717) is 6.42 Å². The zero-order valence-electron chi connectivity index (χ0n) is 16.8. The molecule has 5 aromatic rings. The Morgan fingerprint density at radius 2 is 1.48 bits per heavy atom. The first-order valence-corrected chi connectivity index (χ1v) is 11.1. The summed E-state index contributed by atoms with van der Waals surface area (Å²) in [5.41, 5.74) is 3.27. The van der Waals surface area contributed by atoms with Gasteiger partial charge in [-0.25, -0.2) is 4.39 Å². The van der Waals surface area contributed by atoms with Crippen LogP contribution in [0.15, 0.2) is 102 Å². The molecule has 3 nitrogen and oxygen atoms in total. The van der Waals surface area contributed by atoms with Crippen LogP contribution in [0.1, 0.15) is 17.0 Å². The highest BCUT2D eigenvalue weighted by atomic mass is 32.2. The van der Waals surface area contributed by atoms with E-state index in [1.54, 1.807) is 23.9 Å². The predicted octanol–water partition coefficient (Wildman–Crippen LogP) is 6.44. The van der Waals surface area contributed by atoms with Crippen LogP contribution in [0.3, 0.4) is 0 Å². The lowest BCUT2D eigenvalue weighted by Crippen LogP contribution is -2.04. The molecule has 0 saturated carbocycles. The lowest BCUT2D eigenvalue weighted by atomic mass is 10.1. The molecule has 152 valence electrons. The normalized spacial score (nSPS) is 11.1. The van der Waals surface area contributed by atoms with Crippen molar-refractivity contribution in [2.75, 3.05) is 0 Å². The average molecular weight is 426 g/mol. The molecule has 1 heterocycles. The fourth-order valence-corrected chi connectivity index (χ4v) is 4.67. The maximum absolute atomic E-state index is 13.5. The van der Waals surface area contributed by atoms with E-state index in [4.69, 9.17) is 0 Å². The predicted molar refractivity (Wildman–Crippen MR) is 124 cm³/mol. The molecule has 5 heteroatoms. The van der Waals surface area contributed by atoms with Crippen LogP contribution in [0.2, 0.25) is 0 Å². The number of halogens is 1. The second-order valence-electron chi connectivity index (χ2n) is 7.30. The maximum atomic E-state index is 13.5. The molecule has 5 rings (SSSR count). The summed E-state index contributed by atoms with van der Waals surface area (Å²) >= 11 is 1.64. The Morgan fingerprint density at radius 3 is 2.32 bits per heavy atom. The van der Waals surface area contributed by atoms with Gasteiger partial charge in [0.1, 0.15) is 11.6 Å². The number of hydrogen-bond donors (Lipinski definition) is 0. The molecule has 0 saturated heterocycles. The topological polar surface area (TPSA) is 30.7 Å². The second-order valence-corrected chi connectivity index (χ2v) is 8.24. The fraction of sp³-hybridized carbons (Fsp3) is 0.0769. The minimum atomic E-state index is -0.258. The summed E-state index contributed by atoms with van der Waals surface area (Å²) in [6.07, 6.45) is 0.653. The second kappa shape index (κ2) is 8.74. The van der Waals surface area contributed by atoms with Crippen LogP contribution >= 0.6 is 11.8 Å². The van der Waals surface area contributed by atoms with Crippen molar-refractivity contribution in [2.45, 2.75) is 17.3 Å². The quantitative estimate of drug-likeness (QED) is 0.293. The van der Waals surface area contributed by atoms with Crippen LogP contribution in [0.4, 0.5) is 4.39 Å². The van der Waals surface area contributed by atoms with Crippen molar-refractivity contribution >= 4 is 22.5 Å². The Morgan fingerprint density at radius 1 is 0.742 bits per heavy atom. The first-order valence-electron chi connectivity index (χ1n) is 10.1. The molecule has 0 unspecified atom stereocenters. The van der Waals surface area contributed by atoms with E-state index >= 15 is 0 Å². The van der Waals surface area contributed by atoms with Crippen LogP contribution in [0.25, 0.3) is 16.5 Å². The van der Waals surface area contributed by atoms with Crippen LogP contribution in [0, 0.1) is 5.82 Å². The summed E-state index contributed by atoms with van der Waals surface area (Å²) in [5.74, 6) is 1.34. The zero-order chi connectivity index (χ0) is 21.0. The van der Waals surface area contributed by atoms with Crippen molar-refractivity contribution in [3.63, 3.8) is 0 Å². The van der Waals surface area contributed by atoms with Gasteiger partial charge in [0.05, 0.1) is 0 Å². The van der Waals surface area contributed by atoms with Crippen molar-refractivity contribution < 1.29 is 4.39 Å². The smallest absolute Gasteiger partial charge is 0.196 e. The highest BCUT2D eigenvalue weighted by molar-refractivity contribution is 7.98. The van der Waals surface area contributed by atoms with E-state index in [-0.39, 0.29) is 5.82 Å². The van der Waals surface area contributed by atoms with Crippen LogP contribution < -0.4 is 0 Å². The standard InChI is InChI=1S/C26H20FN3S/c27-22-13-15-23(16-14-22)30-25(17-19-7-2-1-3-8-19)28-29-26(30)31-18-21-11-6-10-20-9-4-5-12-24(20)21/h1-16H,17-18H2. The van der Waals surface area contributed by atoms with Crippen molar-refractivity contribution in [2.24, 2.45) is 0 Å². The third kappa shape index (κ3) is 4.23. The van der Waals surface area contributed by atoms with Gasteiger partial charge in [-0.1, -0.05) is 84.6 Å². The molecule has 0 atom stereocenters. The number of nitrogens with zero attached hydrogens (tertiary/aromatic N) is 3. The first kappa shape index (κ1) is 19.5. The number of hydrogen-bond acceptors (Lipinski definition) is 3. The van der Waals surface area contributed by atoms with Crippen LogP contribution in [-0.2, 0) is 12.2 Å². The third-order valence-electron chi connectivity index (χ3n) is 5.23. The molecule has 0 bridgehead atoms. The molecule has 0 N–H and O–H groups in total. The SMILES string of the molecule is Fc1ccc(-n2c(Cc3ccccc3)nnc2SCc2cccc3ccccc23)cc1.